The monoisotopic (exact) mass is 371 g/mol. The van der Waals surface area contributed by atoms with E-state index in [0.717, 1.165) is 38.4 Å². The van der Waals surface area contributed by atoms with Crippen LogP contribution in [0.15, 0.2) is 42.5 Å². The van der Waals surface area contributed by atoms with Crippen LogP contribution in [0.4, 0.5) is 11.4 Å². The second-order valence-electron chi connectivity index (χ2n) is 6.19. The van der Waals surface area contributed by atoms with E-state index < -0.39 is 10.8 Å². The third kappa shape index (κ3) is 4.81. The minimum Gasteiger partial charge on any atom is -0.490 e. The van der Waals surface area contributed by atoms with Gasteiger partial charge in [-0.3, -0.25) is 19.8 Å². The molecule has 1 saturated heterocycles. The van der Waals surface area contributed by atoms with Crippen molar-refractivity contribution >= 4 is 17.3 Å². The van der Waals surface area contributed by atoms with Crippen molar-refractivity contribution in [3.05, 3.63) is 63.7 Å². The highest BCUT2D eigenvalue weighted by atomic mass is 16.6. The first-order valence-corrected chi connectivity index (χ1v) is 8.59. The number of morpholine rings is 1. The van der Waals surface area contributed by atoms with Crippen molar-refractivity contribution in [1.82, 2.24) is 4.90 Å². The SMILES string of the molecule is COc1ccc(C(=O)Nc2cccc(CN3CCOCC3)c2)cc1[N+](=O)[O-]. The number of carbonyl (C=O) groups is 1. The molecule has 1 amide bonds. The third-order valence-corrected chi connectivity index (χ3v) is 4.33. The van der Waals surface area contributed by atoms with Crippen molar-refractivity contribution in [1.29, 1.82) is 0 Å². The van der Waals surface area contributed by atoms with Gasteiger partial charge < -0.3 is 14.8 Å². The predicted molar refractivity (Wildman–Crippen MR) is 100 cm³/mol. The zero-order valence-electron chi connectivity index (χ0n) is 15.0. The summed E-state index contributed by atoms with van der Waals surface area (Å²) < 4.78 is 10.3. The Morgan fingerprint density at radius 3 is 2.74 bits per heavy atom. The molecule has 142 valence electrons. The molecule has 0 aromatic heterocycles. The van der Waals surface area contributed by atoms with Gasteiger partial charge in [0.2, 0.25) is 0 Å². The second kappa shape index (κ2) is 8.61. The lowest BCUT2D eigenvalue weighted by atomic mass is 10.1. The van der Waals surface area contributed by atoms with E-state index >= 15 is 0 Å². The number of amides is 1. The van der Waals surface area contributed by atoms with Gasteiger partial charge in [0.25, 0.3) is 5.91 Å². The number of nitro groups is 1. The Hall–Kier alpha value is -2.97. The van der Waals surface area contributed by atoms with Crippen molar-refractivity contribution in [2.45, 2.75) is 6.54 Å². The standard InChI is InChI=1S/C19H21N3O5/c1-26-18-6-5-15(12-17(18)22(24)25)19(23)20-16-4-2-3-14(11-16)13-21-7-9-27-10-8-21/h2-6,11-12H,7-10,13H2,1H3,(H,20,23). The Balaban J connectivity index is 1.71. The number of rotatable bonds is 6. The molecule has 3 rings (SSSR count). The minimum atomic E-state index is -0.571. The number of carbonyl (C=O) groups excluding carboxylic acids is 1. The van der Waals surface area contributed by atoms with Crippen LogP contribution in [0.2, 0.25) is 0 Å². The number of anilines is 1. The topological polar surface area (TPSA) is 93.9 Å². The smallest absolute Gasteiger partial charge is 0.311 e. The first-order chi connectivity index (χ1) is 13.1. The molecule has 0 saturated carbocycles. The molecule has 1 aliphatic heterocycles. The van der Waals surface area contributed by atoms with E-state index in [0.29, 0.717) is 5.69 Å². The van der Waals surface area contributed by atoms with Gasteiger partial charge >= 0.3 is 5.69 Å². The maximum absolute atomic E-state index is 12.5. The van der Waals surface area contributed by atoms with E-state index in [2.05, 4.69) is 10.2 Å². The third-order valence-electron chi connectivity index (χ3n) is 4.33. The average Bonchev–Trinajstić information content (AvgIpc) is 2.68. The maximum atomic E-state index is 12.5. The van der Waals surface area contributed by atoms with Crippen LogP contribution < -0.4 is 10.1 Å². The van der Waals surface area contributed by atoms with Gasteiger partial charge in [-0.15, -0.1) is 0 Å². The van der Waals surface area contributed by atoms with E-state index in [9.17, 15) is 14.9 Å². The Bertz CT molecular complexity index is 834. The number of nitrogens with zero attached hydrogens (tertiary/aromatic N) is 2. The number of ether oxygens (including phenoxy) is 2. The maximum Gasteiger partial charge on any atom is 0.311 e. The van der Waals surface area contributed by atoms with Gasteiger partial charge in [-0.2, -0.15) is 0 Å². The van der Waals surface area contributed by atoms with E-state index in [1.54, 1.807) is 6.07 Å². The number of nitrogens with one attached hydrogen (secondary N) is 1. The summed E-state index contributed by atoms with van der Waals surface area (Å²) >= 11 is 0. The summed E-state index contributed by atoms with van der Waals surface area (Å²) in [6.45, 7) is 4.00. The van der Waals surface area contributed by atoms with Crippen molar-refractivity contribution in [2.24, 2.45) is 0 Å². The van der Waals surface area contributed by atoms with Gasteiger partial charge in [0, 0.05) is 37.0 Å². The van der Waals surface area contributed by atoms with E-state index in [4.69, 9.17) is 9.47 Å². The molecule has 27 heavy (non-hydrogen) atoms. The molecule has 0 atom stereocenters. The molecular formula is C19H21N3O5. The second-order valence-corrected chi connectivity index (χ2v) is 6.19. The molecule has 0 bridgehead atoms. The molecular weight excluding hydrogens is 350 g/mol. The lowest BCUT2D eigenvalue weighted by molar-refractivity contribution is -0.385. The first-order valence-electron chi connectivity index (χ1n) is 8.59. The van der Waals surface area contributed by atoms with Crippen molar-refractivity contribution in [3.8, 4) is 5.75 Å². The summed E-state index contributed by atoms with van der Waals surface area (Å²) in [6, 6.07) is 11.7. The van der Waals surface area contributed by atoms with Gasteiger partial charge in [0.05, 0.1) is 25.2 Å². The molecule has 0 aliphatic carbocycles. The molecule has 2 aromatic rings. The molecule has 1 fully saturated rings. The molecule has 1 N–H and O–H groups in total. The van der Waals surface area contributed by atoms with Gasteiger partial charge in [-0.25, -0.2) is 0 Å². The highest BCUT2D eigenvalue weighted by Gasteiger charge is 2.18. The van der Waals surface area contributed by atoms with Crippen LogP contribution in [0, 0.1) is 10.1 Å². The quantitative estimate of drug-likeness (QED) is 0.620. The normalized spacial score (nSPS) is 14.6. The summed E-state index contributed by atoms with van der Waals surface area (Å²) in [5, 5.41) is 13.9. The summed E-state index contributed by atoms with van der Waals surface area (Å²) in [5.41, 5.74) is 1.67. The van der Waals surface area contributed by atoms with Gasteiger partial charge in [0.1, 0.15) is 0 Å². The number of benzene rings is 2. The lowest BCUT2D eigenvalue weighted by Gasteiger charge is -2.26. The van der Waals surface area contributed by atoms with Crippen LogP contribution in [-0.4, -0.2) is 49.1 Å². The Kier molecular flexibility index (Phi) is 6.00. The zero-order valence-corrected chi connectivity index (χ0v) is 15.0. The zero-order chi connectivity index (χ0) is 19.2. The fraction of sp³-hybridized carbons (Fsp3) is 0.316. The molecule has 8 nitrogen and oxygen atoms in total. The Labute approximate surface area is 156 Å². The molecule has 0 unspecified atom stereocenters. The molecule has 8 heteroatoms. The van der Waals surface area contributed by atoms with E-state index in [-0.39, 0.29) is 17.0 Å². The number of nitro benzene ring substituents is 1. The summed E-state index contributed by atoms with van der Waals surface area (Å²) in [4.78, 5) is 25.3. The van der Waals surface area contributed by atoms with Crippen molar-refractivity contribution in [2.75, 3.05) is 38.7 Å². The predicted octanol–water partition coefficient (Wildman–Crippen LogP) is 2.69. The van der Waals surface area contributed by atoms with Crippen LogP contribution >= 0.6 is 0 Å². The van der Waals surface area contributed by atoms with Crippen LogP contribution in [0.3, 0.4) is 0 Å². The van der Waals surface area contributed by atoms with Gasteiger partial charge in [0.15, 0.2) is 5.75 Å². The summed E-state index contributed by atoms with van der Waals surface area (Å²) in [6.07, 6.45) is 0. The first kappa shape index (κ1) is 18.8. The molecule has 2 aromatic carbocycles. The Morgan fingerprint density at radius 1 is 1.26 bits per heavy atom. The van der Waals surface area contributed by atoms with Crippen LogP contribution in [0.25, 0.3) is 0 Å². The molecule has 0 spiro atoms. The summed E-state index contributed by atoms with van der Waals surface area (Å²) in [5.74, 6) is -0.298. The van der Waals surface area contributed by atoms with E-state index in [1.807, 2.05) is 18.2 Å². The Morgan fingerprint density at radius 2 is 2.04 bits per heavy atom. The molecule has 1 heterocycles. The molecule has 0 radical (unpaired) electrons. The number of hydrogen-bond donors (Lipinski definition) is 1. The van der Waals surface area contributed by atoms with Crippen LogP contribution in [-0.2, 0) is 11.3 Å². The van der Waals surface area contributed by atoms with Gasteiger partial charge in [-0.1, -0.05) is 12.1 Å². The van der Waals surface area contributed by atoms with Gasteiger partial charge in [-0.05, 0) is 29.8 Å². The fourth-order valence-electron chi connectivity index (χ4n) is 2.94. The van der Waals surface area contributed by atoms with Crippen molar-refractivity contribution < 1.29 is 19.2 Å². The minimum absolute atomic E-state index is 0.115. The van der Waals surface area contributed by atoms with Crippen LogP contribution in [0.5, 0.6) is 5.75 Å². The van der Waals surface area contributed by atoms with Crippen molar-refractivity contribution in [3.63, 3.8) is 0 Å². The summed E-state index contributed by atoms with van der Waals surface area (Å²) in [7, 11) is 1.35. The highest BCUT2D eigenvalue weighted by molar-refractivity contribution is 6.04. The number of methoxy groups -OCH3 is 1. The average molecular weight is 371 g/mol. The highest BCUT2D eigenvalue weighted by Crippen LogP contribution is 2.28. The fourth-order valence-corrected chi connectivity index (χ4v) is 2.94. The largest absolute Gasteiger partial charge is 0.490 e. The van der Waals surface area contributed by atoms with Crippen LogP contribution in [0.1, 0.15) is 15.9 Å². The lowest BCUT2D eigenvalue weighted by Crippen LogP contribution is -2.35. The molecule has 1 aliphatic rings. The number of hydrogen-bond acceptors (Lipinski definition) is 6. The van der Waals surface area contributed by atoms with E-state index in [1.165, 1.54) is 25.3 Å².